The number of phosphoric ester groups is 2. The molecule has 0 bridgehead atoms. The molecule has 0 aromatic carbocycles. The van der Waals surface area contributed by atoms with Crippen LogP contribution in [0.1, 0.15) is 362 Å². The molecule has 5 atom stereocenters. The van der Waals surface area contributed by atoms with Gasteiger partial charge >= 0.3 is 39.5 Å². The minimum absolute atomic E-state index is 0.0857. The van der Waals surface area contributed by atoms with Crippen LogP contribution in [0.4, 0.5) is 0 Å². The van der Waals surface area contributed by atoms with E-state index in [-0.39, 0.29) is 25.7 Å². The molecule has 0 aliphatic heterocycles. The summed E-state index contributed by atoms with van der Waals surface area (Å²) in [5, 5.41) is 10.6. The number of aliphatic hydroxyl groups excluding tert-OH is 1. The first-order valence-corrected chi connectivity index (χ1v) is 44.5. The van der Waals surface area contributed by atoms with Gasteiger partial charge in [-0.1, -0.05) is 330 Å². The summed E-state index contributed by atoms with van der Waals surface area (Å²) in [4.78, 5) is 73.0. The molecule has 0 aromatic heterocycles. The summed E-state index contributed by atoms with van der Waals surface area (Å²) in [6, 6.07) is 0. The fraction of sp³-hybridized carbons (Fsp3) is 0.765. The summed E-state index contributed by atoms with van der Waals surface area (Å²) in [5.41, 5.74) is 0. The Balaban J connectivity index is 5.42. The van der Waals surface area contributed by atoms with Gasteiger partial charge in [0.2, 0.25) is 0 Å². The maximum Gasteiger partial charge on any atom is 0.472 e. The third kappa shape index (κ3) is 76.2. The van der Waals surface area contributed by atoms with Gasteiger partial charge in [0.05, 0.1) is 26.4 Å². The van der Waals surface area contributed by atoms with Gasteiger partial charge in [-0.15, -0.1) is 0 Å². The normalized spacial score (nSPS) is 14.3. The van der Waals surface area contributed by atoms with E-state index in [1.54, 1.807) is 0 Å². The molecule has 0 radical (unpaired) electrons. The number of carbonyl (C=O) groups excluding carboxylic acids is 4. The Morgan fingerprint density at radius 3 is 0.750 bits per heavy atom. The summed E-state index contributed by atoms with van der Waals surface area (Å²) in [5.74, 6) is -2.28. The first kappa shape index (κ1) is 100.0. The van der Waals surface area contributed by atoms with Crippen LogP contribution >= 0.6 is 15.6 Å². The summed E-state index contributed by atoms with van der Waals surface area (Å²) in [6.07, 6.45) is 82.5. The Morgan fingerprint density at radius 2 is 0.481 bits per heavy atom. The van der Waals surface area contributed by atoms with Crippen molar-refractivity contribution in [1.82, 2.24) is 0 Å². The number of hydrogen-bond donors (Lipinski definition) is 3. The molecule has 0 heterocycles. The zero-order chi connectivity index (χ0) is 76.0. The van der Waals surface area contributed by atoms with Crippen molar-refractivity contribution in [1.29, 1.82) is 0 Å². The van der Waals surface area contributed by atoms with E-state index in [4.69, 9.17) is 37.0 Å². The monoisotopic (exact) mass is 1510 g/mol. The molecule has 2 unspecified atom stereocenters. The number of rotatable bonds is 78. The fourth-order valence-corrected chi connectivity index (χ4v) is 12.8. The van der Waals surface area contributed by atoms with Crippen LogP contribution in [-0.2, 0) is 65.4 Å². The quantitative estimate of drug-likeness (QED) is 0.0169. The average Bonchev–Trinajstić information content (AvgIpc) is 0.910. The lowest BCUT2D eigenvalue weighted by Crippen LogP contribution is -2.30. The summed E-state index contributed by atoms with van der Waals surface area (Å²) in [7, 11) is -9.98. The van der Waals surface area contributed by atoms with Gasteiger partial charge in [0.1, 0.15) is 19.3 Å². The highest BCUT2D eigenvalue weighted by Gasteiger charge is 2.30. The highest BCUT2D eigenvalue weighted by molar-refractivity contribution is 7.47. The van der Waals surface area contributed by atoms with Crippen molar-refractivity contribution in [2.24, 2.45) is 0 Å². The van der Waals surface area contributed by atoms with Crippen LogP contribution < -0.4 is 0 Å². The molecule has 0 saturated heterocycles. The van der Waals surface area contributed by atoms with Crippen molar-refractivity contribution in [3.8, 4) is 0 Å². The van der Waals surface area contributed by atoms with E-state index in [1.165, 1.54) is 167 Å². The molecule has 602 valence electrons. The number of allylic oxidation sites excluding steroid dienone is 16. The van der Waals surface area contributed by atoms with E-state index in [9.17, 15) is 43.2 Å². The maximum absolute atomic E-state index is 13.1. The van der Waals surface area contributed by atoms with Crippen LogP contribution in [0, 0.1) is 0 Å². The van der Waals surface area contributed by atoms with Gasteiger partial charge < -0.3 is 33.8 Å². The lowest BCUT2D eigenvalue weighted by Gasteiger charge is -2.21. The molecule has 0 rings (SSSR count). The number of esters is 4. The molecule has 0 aliphatic carbocycles. The van der Waals surface area contributed by atoms with Crippen molar-refractivity contribution < 1.29 is 80.2 Å². The minimum atomic E-state index is -4.99. The molecule has 0 aliphatic rings. The second-order valence-electron chi connectivity index (χ2n) is 27.7. The Bertz CT molecular complexity index is 2350. The van der Waals surface area contributed by atoms with Crippen molar-refractivity contribution >= 4 is 39.5 Å². The smallest absolute Gasteiger partial charge is 0.462 e. The Kier molecular flexibility index (Phi) is 74.2. The van der Waals surface area contributed by atoms with Crippen LogP contribution in [0.2, 0.25) is 0 Å². The summed E-state index contributed by atoms with van der Waals surface area (Å²) < 4.78 is 68.6. The number of ether oxygens (including phenoxy) is 4. The molecule has 3 N–H and O–H groups in total. The van der Waals surface area contributed by atoms with Crippen molar-refractivity contribution in [2.75, 3.05) is 39.6 Å². The highest BCUT2D eigenvalue weighted by Crippen LogP contribution is 2.45. The van der Waals surface area contributed by atoms with Crippen molar-refractivity contribution in [3.63, 3.8) is 0 Å². The van der Waals surface area contributed by atoms with Gasteiger partial charge in [-0.2, -0.15) is 0 Å². The molecule has 0 aromatic rings. The first-order valence-electron chi connectivity index (χ1n) is 41.5. The molecular weight excluding hydrogens is 1350 g/mol. The number of hydrogen-bond acceptors (Lipinski definition) is 15. The molecule has 0 fully saturated rings. The van der Waals surface area contributed by atoms with E-state index in [1.807, 2.05) is 24.3 Å². The Labute approximate surface area is 633 Å². The van der Waals surface area contributed by atoms with Gasteiger partial charge in [-0.25, -0.2) is 9.13 Å². The number of unbranched alkanes of at least 4 members (excludes halogenated alkanes) is 36. The molecule has 0 amide bonds. The SMILES string of the molecule is CCCCC/C=C\C/C=C\C/C=C\C/C=C\CCCC(=O)OC[C@H](COP(=O)(O)OC[C@@H](O)COP(=O)(O)OC[C@@H](COC(=O)CCC/C=C\C/C=C\C/C=C\C/C=C\CCCCC)OC(=O)CCCCCCCCCCCCCCCCCCC)OC(=O)CCCCCCCCCCCCCCC. The van der Waals surface area contributed by atoms with E-state index < -0.39 is 97.5 Å². The first-order chi connectivity index (χ1) is 50.7. The number of aliphatic hydroxyl groups is 1. The van der Waals surface area contributed by atoms with Crippen molar-refractivity contribution in [2.45, 2.75) is 380 Å². The third-order valence-corrected chi connectivity index (χ3v) is 19.5. The second kappa shape index (κ2) is 77.1. The zero-order valence-corrected chi connectivity index (χ0v) is 67.7. The Hall–Kier alpha value is -4.02. The third-order valence-electron chi connectivity index (χ3n) is 17.6. The van der Waals surface area contributed by atoms with E-state index in [0.717, 1.165) is 103 Å². The van der Waals surface area contributed by atoms with E-state index in [0.29, 0.717) is 38.5 Å². The molecule has 0 saturated carbocycles. The van der Waals surface area contributed by atoms with Crippen LogP contribution in [0.3, 0.4) is 0 Å². The number of phosphoric acid groups is 2. The second-order valence-corrected chi connectivity index (χ2v) is 30.6. The number of carbonyl (C=O) groups is 4. The van der Waals surface area contributed by atoms with Crippen LogP contribution in [0.25, 0.3) is 0 Å². The van der Waals surface area contributed by atoms with Gasteiger partial charge in [-0.3, -0.25) is 37.3 Å². The molecule has 17 nitrogen and oxygen atoms in total. The zero-order valence-electron chi connectivity index (χ0n) is 65.9. The molecule has 104 heavy (non-hydrogen) atoms. The van der Waals surface area contributed by atoms with E-state index >= 15 is 0 Å². The van der Waals surface area contributed by atoms with Crippen LogP contribution in [-0.4, -0.2) is 96.7 Å². The van der Waals surface area contributed by atoms with Gasteiger partial charge in [-0.05, 0) is 103 Å². The fourth-order valence-electron chi connectivity index (χ4n) is 11.2. The largest absolute Gasteiger partial charge is 0.472 e. The average molecular weight is 1510 g/mol. The van der Waals surface area contributed by atoms with Crippen molar-refractivity contribution in [3.05, 3.63) is 97.2 Å². The van der Waals surface area contributed by atoms with Gasteiger partial charge in [0.25, 0.3) is 0 Å². The predicted molar refractivity (Wildman–Crippen MR) is 427 cm³/mol. The summed E-state index contributed by atoms with van der Waals surface area (Å²) >= 11 is 0. The predicted octanol–water partition coefficient (Wildman–Crippen LogP) is 24.3. The summed E-state index contributed by atoms with van der Waals surface area (Å²) in [6.45, 7) is 4.76. The standard InChI is InChI=1S/C85H150O17P2/c1-5-9-13-17-21-25-29-33-36-39-42-46-49-53-57-61-65-69-82(87)95-75-80(101-84(89)71-67-63-59-55-51-45-32-28-24-20-16-12-8-4)77-99-103(91,92)97-73-79(86)74-98-104(93,94)100-78-81(102-85(90)72-68-64-60-56-52-48-44-41-38-35-31-27-23-19-15-11-7-3)76-96-83(88)70-66-62-58-54-50-47-43-40-37-34-30-26-22-18-14-10-6-2/h21-22,25-26,33-34,36-37,42-43,46-47,53-54,57-58,79-81,86H,5-20,23-24,27-32,35,38-41,44-45,48-52,55-56,59-78H2,1-4H3,(H,91,92)(H,93,94)/b25-21-,26-22-,36-33-,37-34-,46-42-,47-43-,57-53-,58-54-/t79-,80-,81-/m1/s1. The topological polar surface area (TPSA) is 237 Å². The molecular formula is C85H150O17P2. The van der Waals surface area contributed by atoms with Gasteiger partial charge in [0, 0.05) is 25.7 Å². The van der Waals surface area contributed by atoms with Crippen LogP contribution in [0.15, 0.2) is 97.2 Å². The minimum Gasteiger partial charge on any atom is -0.462 e. The maximum atomic E-state index is 13.1. The van der Waals surface area contributed by atoms with Gasteiger partial charge in [0.15, 0.2) is 12.2 Å². The van der Waals surface area contributed by atoms with E-state index in [2.05, 4.69) is 101 Å². The molecule has 0 spiro atoms. The lowest BCUT2D eigenvalue weighted by molar-refractivity contribution is -0.161. The van der Waals surface area contributed by atoms with Crippen LogP contribution in [0.5, 0.6) is 0 Å². The lowest BCUT2D eigenvalue weighted by atomic mass is 10.0. The molecule has 19 heteroatoms. The highest BCUT2D eigenvalue weighted by atomic mass is 31.2. The Morgan fingerprint density at radius 1 is 0.269 bits per heavy atom.